The fraction of sp³-hybridized carbons (Fsp3) is 0. The van der Waals surface area contributed by atoms with Crippen LogP contribution in [-0.2, 0) is 0 Å². The van der Waals surface area contributed by atoms with Crippen molar-refractivity contribution in [3.8, 4) is 11.8 Å². The Bertz CT molecular complexity index is 474. The third kappa shape index (κ3) is 2.18. The van der Waals surface area contributed by atoms with E-state index in [1.807, 2.05) is 42.7 Å². The summed E-state index contributed by atoms with van der Waals surface area (Å²) in [6.45, 7) is 0. The van der Waals surface area contributed by atoms with E-state index in [2.05, 4.69) is 39.4 Å². The summed E-state index contributed by atoms with van der Waals surface area (Å²) < 4.78 is 1.16. The van der Waals surface area contributed by atoms with E-state index in [0.29, 0.717) is 0 Å². The van der Waals surface area contributed by atoms with Crippen molar-refractivity contribution >= 4 is 22.6 Å². The van der Waals surface area contributed by atoms with E-state index in [9.17, 15) is 0 Å². The van der Waals surface area contributed by atoms with E-state index in [4.69, 9.17) is 0 Å². The van der Waals surface area contributed by atoms with Gasteiger partial charge in [0.1, 0.15) is 0 Å². The van der Waals surface area contributed by atoms with Crippen LogP contribution in [0.5, 0.6) is 0 Å². The van der Waals surface area contributed by atoms with E-state index < -0.39 is 0 Å². The van der Waals surface area contributed by atoms with Crippen LogP contribution in [0.4, 0.5) is 0 Å². The first-order chi connectivity index (χ1) is 6.86. The molecule has 0 saturated carbocycles. The molecule has 1 nitrogen and oxygen atoms in total. The zero-order chi connectivity index (χ0) is 9.80. The smallest absolute Gasteiger partial charge is 0.0557 e. The molecule has 0 amide bonds. The Balaban J connectivity index is 2.28. The van der Waals surface area contributed by atoms with Crippen LogP contribution in [0.15, 0.2) is 42.7 Å². The van der Waals surface area contributed by atoms with Crippen molar-refractivity contribution in [2.45, 2.75) is 0 Å². The Morgan fingerprint density at radius 1 is 1.00 bits per heavy atom. The molecule has 0 unspecified atom stereocenters. The van der Waals surface area contributed by atoms with Gasteiger partial charge >= 0.3 is 0 Å². The van der Waals surface area contributed by atoms with Crippen LogP contribution in [-0.4, -0.2) is 4.98 Å². The van der Waals surface area contributed by atoms with Crippen molar-refractivity contribution in [3.05, 3.63) is 57.4 Å². The van der Waals surface area contributed by atoms with Gasteiger partial charge in [0.25, 0.3) is 0 Å². The Labute approximate surface area is 96.7 Å². The molecule has 0 radical (unpaired) electrons. The fourth-order valence-electron chi connectivity index (χ4n) is 1.10. The number of hydrogen-bond acceptors (Lipinski definition) is 0. The molecule has 2 heteroatoms. The van der Waals surface area contributed by atoms with Gasteiger partial charge in [0, 0.05) is 21.5 Å². The highest BCUT2D eigenvalue weighted by atomic mass is 127. The molecular formula is C12H8IN. The van der Waals surface area contributed by atoms with Gasteiger partial charge in [0.15, 0.2) is 0 Å². The largest absolute Gasteiger partial charge is 0.366 e. The molecule has 0 bridgehead atoms. The molecule has 1 heterocycles. The van der Waals surface area contributed by atoms with Gasteiger partial charge < -0.3 is 4.98 Å². The number of rotatable bonds is 0. The van der Waals surface area contributed by atoms with Crippen LogP contribution in [0.1, 0.15) is 11.1 Å². The van der Waals surface area contributed by atoms with Gasteiger partial charge in [-0.05, 0) is 34.7 Å². The summed E-state index contributed by atoms with van der Waals surface area (Å²) in [5.74, 6) is 6.23. The van der Waals surface area contributed by atoms with E-state index in [1.165, 1.54) is 0 Å². The second kappa shape index (κ2) is 4.34. The molecule has 14 heavy (non-hydrogen) atoms. The fourth-order valence-corrected chi connectivity index (χ4v) is 1.57. The second-order valence-electron chi connectivity index (χ2n) is 2.83. The third-order valence-corrected chi connectivity index (χ3v) is 2.70. The standard InChI is InChI=1S/C12H8IN/c13-12-9-14-8-11(12)7-6-10-4-2-1-3-5-10/h1-5,8-9,14H. The Kier molecular flexibility index (Phi) is 2.90. The number of benzene rings is 1. The lowest BCUT2D eigenvalue weighted by Gasteiger charge is -1.86. The number of aromatic amines is 1. The van der Waals surface area contributed by atoms with Crippen LogP contribution in [0, 0.1) is 15.4 Å². The van der Waals surface area contributed by atoms with Gasteiger partial charge in [-0.3, -0.25) is 0 Å². The van der Waals surface area contributed by atoms with Gasteiger partial charge in [-0.1, -0.05) is 30.0 Å². The van der Waals surface area contributed by atoms with E-state index in [0.717, 1.165) is 14.7 Å². The maximum atomic E-state index is 3.12. The molecule has 0 aliphatic carbocycles. The van der Waals surface area contributed by atoms with Gasteiger partial charge in [0.2, 0.25) is 0 Å². The van der Waals surface area contributed by atoms with Crippen molar-refractivity contribution in [1.29, 1.82) is 0 Å². The molecule has 0 atom stereocenters. The lowest BCUT2D eigenvalue weighted by molar-refractivity contribution is 1.41. The second-order valence-corrected chi connectivity index (χ2v) is 4.00. The minimum atomic E-state index is 1.05. The number of H-pyrrole nitrogens is 1. The zero-order valence-corrected chi connectivity index (χ0v) is 9.58. The molecule has 1 aromatic carbocycles. The summed E-state index contributed by atoms with van der Waals surface area (Å²) in [6.07, 6.45) is 3.85. The van der Waals surface area contributed by atoms with E-state index >= 15 is 0 Å². The molecule has 0 saturated heterocycles. The topological polar surface area (TPSA) is 15.8 Å². The average Bonchev–Trinajstić information content (AvgIpc) is 2.63. The first-order valence-electron chi connectivity index (χ1n) is 4.25. The summed E-state index contributed by atoms with van der Waals surface area (Å²) in [6, 6.07) is 9.99. The van der Waals surface area contributed by atoms with Crippen molar-refractivity contribution < 1.29 is 0 Å². The number of halogens is 1. The van der Waals surface area contributed by atoms with Crippen molar-refractivity contribution in [2.24, 2.45) is 0 Å². The molecule has 1 aromatic heterocycles. The summed E-state index contributed by atoms with van der Waals surface area (Å²) in [7, 11) is 0. The van der Waals surface area contributed by atoms with Crippen molar-refractivity contribution in [1.82, 2.24) is 4.98 Å². The maximum absolute atomic E-state index is 3.12. The highest BCUT2D eigenvalue weighted by molar-refractivity contribution is 14.1. The SMILES string of the molecule is Ic1c[nH]cc1C#Cc1ccccc1. The molecule has 0 aliphatic heterocycles. The Hall–Kier alpha value is -1.21. The molecule has 0 spiro atoms. The van der Waals surface area contributed by atoms with Gasteiger partial charge in [-0.2, -0.15) is 0 Å². The molecule has 0 aliphatic rings. The van der Waals surface area contributed by atoms with Crippen molar-refractivity contribution in [2.75, 3.05) is 0 Å². The minimum Gasteiger partial charge on any atom is -0.366 e. The van der Waals surface area contributed by atoms with Gasteiger partial charge in [0.05, 0.1) is 5.56 Å². The monoisotopic (exact) mass is 293 g/mol. The normalized spacial score (nSPS) is 9.21. The summed E-state index contributed by atoms with van der Waals surface area (Å²) in [4.78, 5) is 3.02. The number of nitrogens with one attached hydrogen (secondary N) is 1. The van der Waals surface area contributed by atoms with Crippen LogP contribution in [0.25, 0.3) is 0 Å². The minimum absolute atomic E-state index is 1.05. The highest BCUT2D eigenvalue weighted by Gasteiger charge is 1.93. The quantitative estimate of drug-likeness (QED) is 0.567. The Morgan fingerprint density at radius 2 is 1.79 bits per heavy atom. The molecule has 0 fully saturated rings. The van der Waals surface area contributed by atoms with E-state index in [1.54, 1.807) is 0 Å². The van der Waals surface area contributed by atoms with Crippen molar-refractivity contribution in [3.63, 3.8) is 0 Å². The summed E-state index contributed by atoms with van der Waals surface area (Å²) in [5.41, 5.74) is 2.10. The van der Waals surface area contributed by atoms with Gasteiger partial charge in [-0.15, -0.1) is 0 Å². The lowest BCUT2D eigenvalue weighted by Crippen LogP contribution is -1.74. The van der Waals surface area contributed by atoms with Crippen LogP contribution < -0.4 is 0 Å². The summed E-state index contributed by atoms with van der Waals surface area (Å²) in [5, 5.41) is 0. The number of hydrogen-bond donors (Lipinski definition) is 1. The van der Waals surface area contributed by atoms with Crippen LogP contribution in [0.3, 0.4) is 0 Å². The molecule has 2 rings (SSSR count). The molecule has 68 valence electrons. The molecular weight excluding hydrogens is 285 g/mol. The average molecular weight is 293 g/mol. The predicted octanol–water partition coefficient (Wildman–Crippen LogP) is 3.02. The molecule has 1 N–H and O–H groups in total. The highest BCUT2D eigenvalue weighted by Crippen LogP contribution is 2.09. The van der Waals surface area contributed by atoms with Gasteiger partial charge in [-0.25, -0.2) is 0 Å². The first kappa shape index (κ1) is 9.35. The maximum Gasteiger partial charge on any atom is 0.0557 e. The first-order valence-corrected chi connectivity index (χ1v) is 5.33. The van der Waals surface area contributed by atoms with Crippen LogP contribution in [0.2, 0.25) is 0 Å². The molecule has 2 aromatic rings. The van der Waals surface area contributed by atoms with Crippen LogP contribution >= 0.6 is 22.6 Å². The summed E-state index contributed by atoms with van der Waals surface area (Å²) >= 11 is 2.26. The third-order valence-electron chi connectivity index (χ3n) is 1.81. The Morgan fingerprint density at radius 3 is 2.43 bits per heavy atom. The predicted molar refractivity (Wildman–Crippen MR) is 65.9 cm³/mol. The zero-order valence-electron chi connectivity index (χ0n) is 7.42. The lowest BCUT2D eigenvalue weighted by atomic mass is 10.2. The number of aromatic nitrogens is 1. The van der Waals surface area contributed by atoms with E-state index in [-0.39, 0.29) is 0 Å².